The van der Waals surface area contributed by atoms with Crippen molar-refractivity contribution in [1.82, 2.24) is 4.90 Å². The van der Waals surface area contributed by atoms with Crippen LogP contribution in [-0.4, -0.2) is 44.2 Å². The van der Waals surface area contributed by atoms with Gasteiger partial charge in [0.25, 0.3) is 5.91 Å². The number of amides is 1. The number of benzene rings is 1. The fourth-order valence-corrected chi connectivity index (χ4v) is 2.61. The molecule has 1 aliphatic carbocycles. The summed E-state index contributed by atoms with van der Waals surface area (Å²) in [5, 5.41) is 3.44. The van der Waals surface area contributed by atoms with Crippen LogP contribution in [-0.2, 0) is 4.74 Å². The van der Waals surface area contributed by atoms with Gasteiger partial charge in [0.05, 0.1) is 11.7 Å². The van der Waals surface area contributed by atoms with Crippen LogP contribution in [0.3, 0.4) is 0 Å². The number of nitrogens with zero attached hydrogens (tertiary/aromatic N) is 1. The van der Waals surface area contributed by atoms with Crippen molar-refractivity contribution in [2.75, 3.05) is 32.3 Å². The molecule has 5 heteroatoms. The second-order valence-corrected chi connectivity index (χ2v) is 5.52. The van der Waals surface area contributed by atoms with Gasteiger partial charge in [-0.05, 0) is 37.5 Å². The zero-order valence-corrected chi connectivity index (χ0v) is 12.3. The van der Waals surface area contributed by atoms with Gasteiger partial charge in [0, 0.05) is 38.6 Å². The molecule has 2 unspecified atom stereocenters. The number of nitrogens with two attached hydrogens (primary N) is 1. The normalized spacial score (nSPS) is 21.8. The lowest BCUT2D eigenvalue weighted by atomic mass is 10.1. The third-order valence-corrected chi connectivity index (χ3v) is 3.76. The van der Waals surface area contributed by atoms with E-state index in [1.807, 2.05) is 6.07 Å². The van der Waals surface area contributed by atoms with Crippen LogP contribution < -0.4 is 11.1 Å². The summed E-state index contributed by atoms with van der Waals surface area (Å²) in [6.45, 7) is 0. The Morgan fingerprint density at radius 2 is 2.15 bits per heavy atom. The summed E-state index contributed by atoms with van der Waals surface area (Å²) in [5.74, 6) is -0.0196. The summed E-state index contributed by atoms with van der Waals surface area (Å²) in [4.78, 5) is 13.8. The number of nitrogens with one attached hydrogen (secondary N) is 1. The van der Waals surface area contributed by atoms with E-state index in [-0.39, 0.29) is 5.91 Å². The van der Waals surface area contributed by atoms with Gasteiger partial charge in [-0.25, -0.2) is 0 Å². The summed E-state index contributed by atoms with van der Waals surface area (Å²) in [6, 6.07) is 5.70. The summed E-state index contributed by atoms with van der Waals surface area (Å²) >= 11 is 0. The Morgan fingerprint density at radius 1 is 1.40 bits per heavy atom. The highest BCUT2D eigenvalue weighted by atomic mass is 16.5. The predicted molar refractivity (Wildman–Crippen MR) is 80.9 cm³/mol. The van der Waals surface area contributed by atoms with Crippen LogP contribution in [0.1, 0.15) is 29.6 Å². The molecule has 1 aromatic rings. The molecule has 0 bridgehead atoms. The molecule has 110 valence electrons. The minimum Gasteiger partial charge on any atom is -0.399 e. The van der Waals surface area contributed by atoms with Gasteiger partial charge in [-0.1, -0.05) is 0 Å². The van der Waals surface area contributed by atoms with Crippen molar-refractivity contribution in [3.8, 4) is 0 Å². The van der Waals surface area contributed by atoms with E-state index in [0.717, 1.165) is 24.9 Å². The smallest absolute Gasteiger partial charge is 0.255 e. The van der Waals surface area contributed by atoms with Crippen molar-refractivity contribution in [3.05, 3.63) is 23.8 Å². The summed E-state index contributed by atoms with van der Waals surface area (Å²) in [6.07, 6.45) is 3.36. The first-order valence-electron chi connectivity index (χ1n) is 6.91. The molecule has 0 saturated heterocycles. The lowest BCUT2D eigenvalue weighted by molar-refractivity contribution is 0.0828. The average molecular weight is 277 g/mol. The number of carbonyl (C=O) groups is 1. The Hall–Kier alpha value is -1.75. The molecule has 2 atom stereocenters. The first-order chi connectivity index (χ1) is 9.51. The van der Waals surface area contributed by atoms with Crippen LogP contribution in [0.15, 0.2) is 18.2 Å². The van der Waals surface area contributed by atoms with E-state index in [0.29, 0.717) is 23.4 Å². The topological polar surface area (TPSA) is 67.6 Å². The van der Waals surface area contributed by atoms with E-state index in [1.165, 1.54) is 0 Å². The van der Waals surface area contributed by atoms with Gasteiger partial charge in [-0.2, -0.15) is 0 Å². The van der Waals surface area contributed by atoms with Gasteiger partial charge in [0.1, 0.15) is 0 Å². The van der Waals surface area contributed by atoms with Crippen molar-refractivity contribution < 1.29 is 9.53 Å². The zero-order valence-electron chi connectivity index (χ0n) is 12.3. The van der Waals surface area contributed by atoms with Gasteiger partial charge < -0.3 is 20.7 Å². The minimum absolute atomic E-state index is 0.0196. The fraction of sp³-hybridized carbons (Fsp3) is 0.533. The summed E-state index contributed by atoms with van der Waals surface area (Å²) < 4.78 is 5.38. The molecule has 0 spiro atoms. The highest BCUT2D eigenvalue weighted by molar-refractivity contribution is 6.00. The highest BCUT2D eigenvalue weighted by Crippen LogP contribution is 2.28. The molecule has 0 aromatic heterocycles. The number of ether oxygens (including phenoxy) is 1. The Kier molecular flexibility index (Phi) is 4.49. The van der Waals surface area contributed by atoms with Crippen molar-refractivity contribution in [1.29, 1.82) is 0 Å². The largest absolute Gasteiger partial charge is 0.399 e. The molecule has 2 rings (SSSR count). The lowest BCUT2D eigenvalue weighted by Gasteiger charge is -2.19. The van der Waals surface area contributed by atoms with Crippen molar-refractivity contribution in [3.63, 3.8) is 0 Å². The molecular weight excluding hydrogens is 254 g/mol. The second kappa shape index (κ2) is 6.13. The molecule has 20 heavy (non-hydrogen) atoms. The molecule has 0 aliphatic heterocycles. The molecule has 1 amide bonds. The van der Waals surface area contributed by atoms with E-state index in [4.69, 9.17) is 10.5 Å². The van der Waals surface area contributed by atoms with Crippen LogP contribution in [0, 0.1) is 0 Å². The maximum atomic E-state index is 12.2. The number of carbonyl (C=O) groups excluding carboxylic acids is 1. The molecule has 1 aliphatic rings. The molecule has 1 fully saturated rings. The van der Waals surface area contributed by atoms with Gasteiger partial charge >= 0.3 is 0 Å². The molecule has 0 heterocycles. The fourth-order valence-electron chi connectivity index (χ4n) is 2.61. The lowest BCUT2D eigenvalue weighted by Crippen LogP contribution is -2.25. The van der Waals surface area contributed by atoms with Crippen molar-refractivity contribution in [2.45, 2.75) is 31.4 Å². The third-order valence-electron chi connectivity index (χ3n) is 3.76. The number of hydrogen-bond acceptors (Lipinski definition) is 4. The number of anilines is 2. The van der Waals surface area contributed by atoms with Gasteiger partial charge in [-0.3, -0.25) is 4.79 Å². The second-order valence-electron chi connectivity index (χ2n) is 5.52. The van der Waals surface area contributed by atoms with Gasteiger partial charge in [0.2, 0.25) is 0 Å². The molecular formula is C15H23N3O2. The number of rotatable bonds is 4. The van der Waals surface area contributed by atoms with Crippen LogP contribution in [0.4, 0.5) is 11.4 Å². The number of hydrogen-bond donors (Lipinski definition) is 2. The van der Waals surface area contributed by atoms with E-state index >= 15 is 0 Å². The number of methoxy groups -OCH3 is 1. The Balaban J connectivity index is 2.18. The Bertz CT molecular complexity index is 488. The average Bonchev–Trinajstić information content (AvgIpc) is 2.86. The summed E-state index contributed by atoms with van der Waals surface area (Å²) in [5.41, 5.74) is 7.97. The molecule has 3 N–H and O–H groups in total. The minimum atomic E-state index is -0.0196. The number of nitrogen functional groups attached to an aromatic ring is 1. The van der Waals surface area contributed by atoms with Gasteiger partial charge in [0.15, 0.2) is 0 Å². The Labute approximate surface area is 120 Å². The van der Waals surface area contributed by atoms with Crippen LogP contribution in [0.25, 0.3) is 0 Å². The molecule has 5 nitrogen and oxygen atoms in total. The van der Waals surface area contributed by atoms with Crippen LogP contribution >= 0.6 is 0 Å². The van der Waals surface area contributed by atoms with E-state index in [2.05, 4.69) is 5.32 Å². The van der Waals surface area contributed by atoms with Crippen LogP contribution in [0.5, 0.6) is 0 Å². The Morgan fingerprint density at radius 3 is 2.75 bits per heavy atom. The zero-order chi connectivity index (χ0) is 14.7. The molecule has 0 radical (unpaired) electrons. The highest BCUT2D eigenvalue weighted by Gasteiger charge is 2.25. The monoisotopic (exact) mass is 277 g/mol. The standard InChI is InChI=1S/C15H23N3O2/c1-18(2)15(19)13-7-4-10(16)8-14(13)17-11-5-6-12(9-11)20-3/h4,7-8,11-12,17H,5-6,9,16H2,1-3H3. The SMILES string of the molecule is COC1CCC(Nc2cc(N)ccc2C(=O)N(C)C)C1. The van der Waals surface area contributed by atoms with Crippen molar-refractivity contribution in [2.24, 2.45) is 0 Å². The third kappa shape index (κ3) is 3.22. The van der Waals surface area contributed by atoms with Crippen LogP contribution in [0.2, 0.25) is 0 Å². The van der Waals surface area contributed by atoms with E-state index in [9.17, 15) is 4.79 Å². The van der Waals surface area contributed by atoms with Crippen molar-refractivity contribution >= 4 is 17.3 Å². The molecule has 1 aromatic carbocycles. The van der Waals surface area contributed by atoms with E-state index in [1.54, 1.807) is 38.2 Å². The van der Waals surface area contributed by atoms with E-state index < -0.39 is 0 Å². The van der Waals surface area contributed by atoms with Gasteiger partial charge in [-0.15, -0.1) is 0 Å². The first-order valence-corrected chi connectivity index (χ1v) is 6.91. The maximum absolute atomic E-state index is 12.2. The first kappa shape index (κ1) is 14.7. The summed E-state index contributed by atoms with van der Waals surface area (Å²) in [7, 11) is 5.24. The quantitative estimate of drug-likeness (QED) is 0.825. The predicted octanol–water partition coefficient (Wildman–Crippen LogP) is 1.95. The maximum Gasteiger partial charge on any atom is 0.255 e. The molecule has 1 saturated carbocycles.